The lowest BCUT2D eigenvalue weighted by atomic mass is 9.98. The Morgan fingerprint density at radius 2 is 1.50 bits per heavy atom. The van der Waals surface area contributed by atoms with Gasteiger partial charge in [-0.3, -0.25) is 0 Å². The van der Waals surface area contributed by atoms with Crippen molar-refractivity contribution in [1.29, 1.82) is 0 Å². The summed E-state index contributed by atoms with van der Waals surface area (Å²) in [6.07, 6.45) is 20.4. The Balaban J connectivity index is 0.000000346. The molecule has 0 spiro atoms. The van der Waals surface area contributed by atoms with E-state index >= 15 is 0 Å². The molecular formula is C26H45NO3. The van der Waals surface area contributed by atoms with Crippen molar-refractivity contribution >= 4 is 5.97 Å². The first-order valence-corrected chi connectivity index (χ1v) is 12.3. The largest absolute Gasteiger partial charge is 0.479 e. The third kappa shape index (κ3) is 13.8. The highest BCUT2D eigenvalue weighted by atomic mass is 16.4. The number of aliphatic carboxylic acids is 1. The van der Waals surface area contributed by atoms with Crippen LogP contribution in [0.2, 0.25) is 0 Å². The van der Waals surface area contributed by atoms with Crippen LogP contribution in [0.3, 0.4) is 0 Å². The number of carboxylic acid groups (broad SMARTS) is 1. The van der Waals surface area contributed by atoms with E-state index in [1.54, 1.807) is 30.3 Å². The van der Waals surface area contributed by atoms with Gasteiger partial charge in [-0.1, -0.05) is 114 Å². The van der Waals surface area contributed by atoms with Crippen LogP contribution < -0.4 is 5.32 Å². The summed E-state index contributed by atoms with van der Waals surface area (Å²) in [6.45, 7) is 3.56. The summed E-state index contributed by atoms with van der Waals surface area (Å²) < 4.78 is 0. The summed E-state index contributed by atoms with van der Waals surface area (Å²) in [4.78, 5) is 10.2. The predicted octanol–water partition coefficient (Wildman–Crippen LogP) is 6.63. The number of aliphatic hydroxyl groups is 1. The van der Waals surface area contributed by atoms with Crippen LogP contribution in [0.25, 0.3) is 0 Å². The third-order valence-corrected chi connectivity index (χ3v) is 5.92. The van der Waals surface area contributed by atoms with E-state index in [2.05, 4.69) is 12.2 Å². The van der Waals surface area contributed by atoms with Gasteiger partial charge in [0.05, 0.1) is 0 Å². The van der Waals surface area contributed by atoms with E-state index in [-0.39, 0.29) is 0 Å². The van der Waals surface area contributed by atoms with E-state index in [0.717, 1.165) is 6.04 Å². The van der Waals surface area contributed by atoms with Crippen LogP contribution in [-0.4, -0.2) is 28.8 Å². The molecule has 1 fully saturated rings. The number of carboxylic acids is 1. The van der Waals surface area contributed by atoms with E-state index < -0.39 is 12.1 Å². The summed E-state index contributed by atoms with van der Waals surface area (Å²) in [7, 11) is 0. The molecule has 30 heavy (non-hydrogen) atoms. The number of carbonyl (C=O) groups is 1. The minimum absolute atomic E-state index is 0.403. The molecule has 1 aromatic rings. The maximum absolute atomic E-state index is 10.2. The fraction of sp³-hybridized carbons (Fsp3) is 0.731. The van der Waals surface area contributed by atoms with Gasteiger partial charge in [0.25, 0.3) is 0 Å². The number of hydrogen-bond donors (Lipinski definition) is 3. The molecule has 0 aromatic heterocycles. The van der Waals surface area contributed by atoms with Crippen molar-refractivity contribution < 1.29 is 15.0 Å². The fourth-order valence-corrected chi connectivity index (χ4v) is 4.00. The Labute approximate surface area is 184 Å². The first-order chi connectivity index (χ1) is 14.6. The van der Waals surface area contributed by atoms with Gasteiger partial charge >= 0.3 is 5.97 Å². The standard InChI is InChI=1S/C18H37N.C8H8O3/c1-2-3-4-5-6-7-8-9-10-11-12-15-18-16-13-14-17-19-18;9-7(8(10)11)6-4-2-1-3-5-6/h18-19H,2-17H2,1H3;1-5,7,9H,(H,10,11)/t18-;7-/m10/s1. The van der Waals surface area contributed by atoms with Crippen molar-refractivity contribution in [3.63, 3.8) is 0 Å². The zero-order chi connectivity index (χ0) is 21.9. The number of benzene rings is 1. The van der Waals surface area contributed by atoms with E-state index in [1.807, 2.05) is 0 Å². The highest BCUT2D eigenvalue weighted by Gasteiger charge is 2.14. The maximum atomic E-state index is 10.2. The zero-order valence-corrected chi connectivity index (χ0v) is 19.2. The number of aliphatic hydroxyl groups excluding tert-OH is 1. The summed E-state index contributed by atoms with van der Waals surface area (Å²) in [6, 6.07) is 9.12. The van der Waals surface area contributed by atoms with Crippen molar-refractivity contribution in [2.75, 3.05) is 6.54 Å². The third-order valence-electron chi connectivity index (χ3n) is 5.92. The average molecular weight is 420 g/mol. The second kappa shape index (κ2) is 18.4. The van der Waals surface area contributed by atoms with Crippen LogP contribution in [0.15, 0.2) is 30.3 Å². The van der Waals surface area contributed by atoms with Gasteiger partial charge in [0.15, 0.2) is 6.10 Å². The highest BCUT2D eigenvalue weighted by Crippen LogP contribution is 2.16. The molecule has 1 heterocycles. The van der Waals surface area contributed by atoms with Gasteiger partial charge in [-0.05, 0) is 31.4 Å². The van der Waals surface area contributed by atoms with Crippen LogP contribution >= 0.6 is 0 Å². The molecule has 2 atom stereocenters. The lowest BCUT2D eigenvalue weighted by molar-refractivity contribution is -0.146. The van der Waals surface area contributed by atoms with E-state index in [9.17, 15) is 4.79 Å². The zero-order valence-electron chi connectivity index (χ0n) is 19.2. The minimum Gasteiger partial charge on any atom is -0.479 e. The molecule has 1 saturated heterocycles. The Kier molecular flexibility index (Phi) is 16.3. The fourth-order valence-electron chi connectivity index (χ4n) is 4.00. The molecule has 1 aromatic carbocycles. The van der Waals surface area contributed by atoms with Gasteiger partial charge < -0.3 is 15.5 Å². The Morgan fingerprint density at radius 1 is 0.933 bits per heavy atom. The number of hydrogen-bond acceptors (Lipinski definition) is 3. The second-order valence-corrected chi connectivity index (χ2v) is 8.62. The Morgan fingerprint density at radius 3 is 2.00 bits per heavy atom. The van der Waals surface area contributed by atoms with Crippen molar-refractivity contribution in [2.45, 2.75) is 115 Å². The van der Waals surface area contributed by atoms with Crippen LogP contribution in [0, 0.1) is 0 Å². The molecule has 0 bridgehead atoms. The van der Waals surface area contributed by atoms with Crippen molar-refractivity contribution in [1.82, 2.24) is 5.32 Å². The first kappa shape index (κ1) is 26.6. The second-order valence-electron chi connectivity index (χ2n) is 8.62. The smallest absolute Gasteiger partial charge is 0.337 e. The summed E-state index contributed by atoms with van der Waals surface area (Å²) in [5, 5.41) is 21.0. The van der Waals surface area contributed by atoms with Gasteiger partial charge in [0, 0.05) is 6.04 Å². The summed E-state index contributed by atoms with van der Waals surface area (Å²) >= 11 is 0. The number of rotatable bonds is 14. The van der Waals surface area contributed by atoms with E-state index in [1.165, 1.54) is 103 Å². The molecule has 172 valence electrons. The molecular weight excluding hydrogens is 374 g/mol. The van der Waals surface area contributed by atoms with Crippen LogP contribution in [-0.2, 0) is 4.79 Å². The SMILES string of the molecule is CCCCCCCCCCCCC[C@@H]1CCCCN1.O=C(O)[C@@H](O)c1ccccc1. The number of nitrogens with one attached hydrogen (secondary N) is 1. The van der Waals surface area contributed by atoms with Gasteiger partial charge in [-0.25, -0.2) is 4.79 Å². The topological polar surface area (TPSA) is 69.6 Å². The van der Waals surface area contributed by atoms with E-state index in [0.29, 0.717) is 5.56 Å². The normalized spacial score (nSPS) is 17.1. The monoisotopic (exact) mass is 419 g/mol. The molecule has 4 heteroatoms. The lowest BCUT2D eigenvalue weighted by Gasteiger charge is -2.23. The average Bonchev–Trinajstić information content (AvgIpc) is 2.78. The number of unbranched alkanes of at least 4 members (excludes halogenated alkanes) is 10. The van der Waals surface area contributed by atoms with E-state index in [4.69, 9.17) is 10.2 Å². The van der Waals surface area contributed by atoms with Crippen LogP contribution in [0.1, 0.15) is 115 Å². The molecule has 3 N–H and O–H groups in total. The van der Waals surface area contributed by atoms with Crippen LogP contribution in [0.4, 0.5) is 0 Å². The molecule has 0 amide bonds. The Hall–Kier alpha value is -1.39. The molecule has 4 nitrogen and oxygen atoms in total. The molecule has 2 rings (SSSR count). The highest BCUT2D eigenvalue weighted by molar-refractivity contribution is 5.73. The predicted molar refractivity (Wildman–Crippen MR) is 126 cm³/mol. The Bertz CT molecular complexity index is 514. The molecule has 0 radical (unpaired) electrons. The number of piperidine rings is 1. The van der Waals surface area contributed by atoms with Crippen molar-refractivity contribution in [3.8, 4) is 0 Å². The molecule has 1 aliphatic heterocycles. The van der Waals surface area contributed by atoms with Gasteiger partial charge in [0.1, 0.15) is 0 Å². The van der Waals surface area contributed by atoms with Crippen molar-refractivity contribution in [3.05, 3.63) is 35.9 Å². The van der Waals surface area contributed by atoms with Gasteiger partial charge in [-0.15, -0.1) is 0 Å². The van der Waals surface area contributed by atoms with Gasteiger partial charge in [0.2, 0.25) is 0 Å². The summed E-state index contributed by atoms with van der Waals surface area (Å²) in [5.41, 5.74) is 0.403. The first-order valence-electron chi connectivity index (χ1n) is 12.3. The summed E-state index contributed by atoms with van der Waals surface area (Å²) in [5.74, 6) is -1.23. The molecule has 0 aliphatic carbocycles. The molecule has 1 aliphatic rings. The quantitative estimate of drug-likeness (QED) is 0.296. The minimum atomic E-state index is -1.41. The van der Waals surface area contributed by atoms with Gasteiger partial charge in [-0.2, -0.15) is 0 Å². The lowest BCUT2D eigenvalue weighted by Crippen LogP contribution is -2.33. The molecule has 0 unspecified atom stereocenters. The van der Waals surface area contributed by atoms with Crippen LogP contribution in [0.5, 0.6) is 0 Å². The molecule has 0 saturated carbocycles. The van der Waals surface area contributed by atoms with Crippen molar-refractivity contribution in [2.24, 2.45) is 0 Å². The maximum Gasteiger partial charge on any atom is 0.337 e.